The second-order valence-electron chi connectivity index (χ2n) is 5.52. The molecule has 4 heteroatoms. The Labute approximate surface area is 110 Å². The predicted molar refractivity (Wildman–Crippen MR) is 74.1 cm³/mol. The SMILES string of the molecule is Cc1nn(C(C)C)c(C)c1NCC1CCOCC1. The Bertz CT molecular complexity index is 392. The molecule has 0 atom stereocenters. The minimum absolute atomic E-state index is 0.419. The molecule has 2 rings (SSSR count). The van der Waals surface area contributed by atoms with Gasteiger partial charge in [-0.25, -0.2) is 0 Å². The van der Waals surface area contributed by atoms with Gasteiger partial charge in [0.2, 0.25) is 0 Å². The van der Waals surface area contributed by atoms with Crippen molar-refractivity contribution in [3.63, 3.8) is 0 Å². The molecule has 0 saturated carbocycles. The van der Waals surface area contributed by atoms with E-state index in [1.165, 1.54) is 24.2 Å². The summed E-state index contributed by atoms with van der Waals surface area (Å²) in [6.45, 7) is 11.4. The van der Waals surface area contributed by atoms with Gasteiger partial charge in [-0.05, 0) is 46.5 Å². The van der Waals surface area contributed by atoms with Crippen LogP contribution in [0.1, 0.15) is 44.1 Å². The number of ether oxygens (including phenoxy) is 1. The van der Waals surface area contributed by atoms with Gasteiger partial charge in [-0.2, -0.15) is 5.10 Å². The first kappa shape index (κ1) is 13.4. The third-order valence-corrected chi connectivity index (χ3v) is 3.72. The molecule has 0 amide bonds. The van der Waals surface area contributed by atoms with Crippen LogP contribution >= 0.6 is 0 Å². The van der Waals surface area contributed by atoms with Gasteiger partial charge in [-0.3, -0.25) is 4.68 Å². The van der Waals surface area contributed by atoms with Gasteiger partial charge in [-0.1, -0.05) is 0 Å². The highest BCUT2D eigenvalue weighted by Gasteiger charge is 2.17. The van der Waals surface area contributed by atoms with Gasteiger partial charge in [-0.15, -0.1) is 0 Å². The summed E-state index contributed by atoms with van der Waals surface area (Å²) in [5, 5.41) is 8.19. The Balaban J connectivity index is 2.00. The molecule has 0 unspecified atom stereocenters. The van der Waals surface area contributed by atoms with Crippen molar-refractivity contribution in [2.75, 3.05) is 25.1 Å². The Kier molecular flexibility index (Phi) is 4.27. The summed E-state index contributed by atoms with van der Waals surface area (Å²) in [5.74, 6) is 0.736. The first-order valence-corrected chi connectivity index (χ1v) is 6.97. The molecule has 102 valence electrons. The van der Waals surface area contributed by atoms with E-state index in [0.29, 0.717) is 6.04 Å². The average molecular weight is 251 g/mol. The van der Waals surface area contributed by atoms with E-state index < -0.39 is 0 Å². The quantitative estimate of drug-likeness (QED) is 0.894. The maximum absolute atomic E-state index is 5.39. The summed E-state index contributed by atoms with van der Waals surface area (Å²) in [4.78, 5) is 0. The molecule has 2 heterocycles. The monoisotopic (exact) mass is 251 g/mol. The summed E-state index contributed by atoms with van der Waals surface area (Å²) in [7, 11) is 0. The van der Waals surface area contributed by atoms with Crippen molar-refractivity contribution in [2.24, 2.45) is 5.92 Å². The van der Waals surface area contributed by atoms with Gasteiger partial charge >= 0.3 is 0 Å². The van der Waals surface area contributed by atoms with E-state index in [1.54, 1.807) is 0 Å². The number of nitrogens with zero attached hydrogens (tertiary/aromatic N) is 2. The fourth-order valence-electron chi connectivity index (χ4n) is 2.62. The molecule has 0 aromatic carbocycles. The summed E-state index contributed by atoms with van der Waals surface area (Å²) in [6, 6.07) is 0.419. The van der Waals surface area contributed by atoms with Crippen LogP contribution < -0.4 is 5.32 Å². The summed E-state index contributed by atoms with van der Waals surface area (Å²) >= 11 is 0. The summed E-state index contributed by atoms with van der Waals surface area (Å²) in [6.07, 6.45) is 2.34. The van der Waals surface area contributed by atoms with Crippen molar-refractivity contribution in [1.29, 1.82) is 0 Å². The third-order valence-electron chi connectivity index (χ3n) is 3.72. The van der Waals surface area contributed by atoms with Crippen LogP contribution in [0.2, 0.25) is 0 Å². The molecule has 0 bridgehead atoms. The summed E-state index contributed by atoms with van der Waals surface area (Å²) < 4.78 is 7.49. The van der Waals surface area contributed by atoms with E-state index in [2.05, 4.69) is 42.8 Å². The lowest BCUT2D eigenvalue weighted by Crippen LogP contribution is -2.23. The van der Waals surface area contributed by atoms with Gasteiger partial charge in [0.15, 0.2) is 0 Å². The molecule has 0 spiro atoms. The van der Waals surface area contributed by atoms with Crippen LogP contribution in [-0.4, -0.2) is 29.5 Å². The van der Waals surface area contributed by atoms with Crippen LogP contribution in [0.5, 0.6) is 0 Å². The van der Waals surface area contributed by atoms with Crippen molar-refractivity contribution in [1.82, 2.24) is 9.78 Å². The van der Waals surface area contributed by atoms with Gasteiger partial charge in [0.25, 0.3) is 0 Å². The zero-order valence-corrected chi connectivity index (χ0v) is 12.0. The van der Waals surface area contributed by atoms with Crippen LogP contribution in [0.4, 0.5) is 5.69 Å². The van der Waals surface area contributed by atoms with E-state index in [0.717, 1.165) is 31.4 Å². The molecular weight excluding hydrogens is 226 g/mol. The second kappa shape index (κ2) is 5.74. The van der Waals surface area contributed by atoms with Crippen LogP contribution in [0, 0.1) is 19.8 Å². The standard InChI is InChI=1S/C14H25N3O/c1-10(2)17-12(4)14(11(3)16-17)15-9-13-5-7-18-8-6-13/h10,13,15H,5-9H2,1-4H3. The highest BCUT2D eigenvalue weighted by molar-refractivity contribution is 5.52. The van der Waals surface area contributed by atoms with Crippen LogP contribution in [0.15, 0.2) is 0 Å². The fraction of sp³-hybridized carbons (Fsp3) is 0.786. The zero-order chi connectivity index (χ0) is 13.1. The Morgan fingerprint density at radius 1 is 1.33 bits per heavy atom. The van der Waals surface area contributed by atoms with E-state index in [4.69, 9.17) is 4.74 Å². The topological polar surface area (TPSA) is 39.1 Å². The van der Waals surface area contributed by atoms with Gasteiger partial charge < -0.3 is 10.1 Å². The number of hydrogen-bond donors (Lipinski definition) is 1. The molecule has 1 aliphatic heterocycles. The molecule has 1 aromatic heterocycles. The number of rotatable bonds is 4. The maximum Gasteiger partial charge on any atom is 0.0828 e. The molecule has 1 aromatic rings. The molecular formula is C14H25N3O. The van der Waals surface area contributed by atoms with Crippen molar-refractivity contribution in [3.05, 3.63) is 11.4 Å². The summed E-state index contributed by atoms with van der Waals surface area (Å²) in [5.41, 5.74) is 3.57. The minimum Gasteiger partial charge on any atom is -0.382 e. The average Bonchev–Trinajstić information content (AvgIpc) is 2.64. The number of nitrogens with one attached hydrogen (secondary N) is 1. The van der Waals surface area contributed by atoms with E-state index >= 15 is 0 Å². The lowest BCUT2D eigenvalue weighted by Gasteiger charge is -2.22. The second-order valence-corrected chi connectivity index (χ2v) is 5.52. The normalized spacial score (nSPS) is 17.4. The molecule has 0 aliphatic carbocycles. The molecule has 1 fully saturated rings. The maximum atomic E-state index is 5.39. The lowest BCUT2D eigenvalue weighted by molar-refractivity contribution is 0.0699. The van der Waals surface area contributed by atoms with E-state index in [-0.39, 0.29) is 0 Å². The van der Waals surface area contributed by atoms with Gasteiger partial charge in [0.05, 0.1) is 17.1 Å². The molecule has 18 heavy (non-hydrogen) atoms. The number of hydrogen-bond acceptors (Lipinski definition) is 3. The van der Waals surface area contributed by atoms with Crippen molar-refractivity contribution in [2.45, 2.75) is 46.6 Å². The smallest absolute Gasteiger partial charge is 0.0828 e. The number of aryl methyl sites for hydroxylation is 1. The van der Waals surface area contributed by atoms with Crippen LogP contribution in [-0.2, 0) is 4.74 Å². The fourth-order valence-corrected chi connectivity index (χ4v) is 2.62. The Morgan fingerprint density at radius 2 is 2.00 bits per heavy atom. The van der Waals surface area contributed by atoms with E-state index in [1.807, 2.05) is 0 Å². The molecule has 1 N–H and O–H groups in total. The van der Waals surface area contributed by atoms with Gasteiger partial charge in [0.1, 0.15) is 0 Å². The Hall–Kier alpha value is -1.03. The first-order chi connectivity index (χ1) is 8.59. The number of aromatic nitrogens is 2. The Morgan fingerprint density at radius 3 is 2.56 bits per heavy atom. The zero-order valence-electron chi connectivity index (χ0n) is 12.0. The first-order valence-electron chi connectivity index (χ1n) is 6.97. The molecule has 0 radical (unpaired) electrons. The van der Waals surface area contributed by atoms with Crippen molar-refractivity contribution in [3.8, 4) is 0 Å². The largest absolute Gasteiger partial charge is 0.382 e. The highest BCUT2D eigenvalue weighted by atomic mass is 16.5. The highest BCUT2D eigenvalue weighted by Crippen LogP contribution is 2.24. The molecule has 1 aliphatic rings. The van der Waals surface area contributed by atoms with Crippen LogP contribution in [0.25, 0.3) is 0 Å². The molecule has 4 nitrogen and oxygen atoms in total. The van der Waals surface area contributed by atoms with Crippen molar-refractivity contribution < 1.29 is 4.74 Å². The van der Waals surface area contributed by atoms with Gasteiger partial charge in [0, 0.05) is 25.8 Å². The van der Waals surface area contributed by atoms with Crippen molar-refractivity contribution >= 4 is 5.69 Å². The van der Waals surface area contributed by atoms with E-state index in [9.17, 15) is 0 Å². The number of anilines is 1. The minimum atomic E-state index is 0.419. The molecule has 1 saturated heterocycles. The third kappa shape index (κ3) is 2.86. The lowest BCUT2D eigenvalue weighted by atomic mass is 10.0. The van der Waals surface area contributed by atoms with Crippen LogP contribution in [0.3, 0.4) is 0 Å². The predicted octanol–water partition coefficient (Wildman–Crippen LogP) is 2.92.